The Morgan fingerprint density at radius 1 is 0.986 bits per heavy atom. The molecule has 6 amide bonds. The first-order valence-corrected chi connectivity index (χ1v) is 25.8. The zero-order chi connectivity index (χ0) is 50.1. The largest absolute Gasteiger partial charge is 0.399 e. The van der Waals surface area contributed by atoms with Crippen LogP contribution in [0.25, 0.3) is 10.1 Å². The van der Waals surface area contributed by atoms with Gasteiger partial charge in [-0.1, -0.05) is 63.2 Å². The van der Waals surface area contributed by atoms with Gasteiger partial charge in [0.1, 0.15) is 24.2 Å². The lowest BCUT2D eigenvalue weighted by molar-refractivity contribution is -0.150. The predicted octanol–water partition coefficient (Wildman–Crippen LogP) is 5.90. The van der Waals surface area contributed by atoms with Crippen molar-refractivity contribution in [1.82, 2.24) is 25.3 Å². The minimum atomic E-state index is -5.84. The number of unbranched alkanes of at least 4 members (excludes halogenated alkanes) is 2. The summed E-state index contributed by atoms with van der Waals surface area (Å²) in [4.78, 5) is 104. The van der Waals surface area contributed by atoms with Gasteiger partial charge in [-0.15, -0.1) is 11.3 Å². The minimum Gasteiger partial charge on any atom is -0.385 e. The molecule has 0 saturated carbocycles. The number of ether oxygens (including phenoxy) is 2. The number of morpholine rings is 1. The zero-order valence-corrected chi connectivity index (χ0v) is 40.7. The molecule has 4 aromatic rings. The van der Waals surface area contributed by atoms with Crippen LogP contribution in [0.4, 0.5) is 14.5 Å². The van der Waals surface area contributed by atoms with E-state index in [-0.39, 0.29) is 73.0 Å². The van der Waals surface area contributed by atoms with Gasteiger partial charge in [-0.2, -0.15) is 8.78 Å². The van der Waals surface area contributed by atoms with Crippen LogP contribution in [0.1, 0.15) is 102 Å². The van der Waals surface area contributed by atoms with Crippen molar-refractivity contribution in [2.75, 3.05) is 44.7 Å². The van der Waals surface area contributed by atoms with E-state index >= 15 is 0 Å². The van der Waals surface area contributed by atoms with Crippen LogP contribution in [0.15, 0.2) is 72.8 Å². The van der Waals surface area contributed by atoms with E-state index in [4.69, 9.17) is 9.47 Å². The summed E-state index contributed by atoms with van der Waals surface area (Å²) in [7, 11) is -5.84. The highest BCUT2D eigenvalue weighted by atomic mass is 32.1. The van der Waals surface area contributed by atoms with E-state index in [2.05, 4.69) is 16.0 Å². The number of imide groups is 1. The molecule has 21 heteroatoms. The van der Waals surface area contributed by atoms with E-state index in [9.17, 15) is 51.9 Å². The highest BCUT2D eigenvalue weighted by molar-refractivity contribution is 7.52. The Kier molecular flexibility index (Phi) is 14.9. The van der Waals surface area contributed by atoms with Gasteiger partial charge in [0, 0.05) is 72.7 Å². The molecule has 3 fully saturated rings. The lowest BCUT2D eigenvalue weighted by Crippen LogP contribution is -2.58. The van der Waals surface area contributed by atoms with Gasteiger partial charge in [0.15, 0.2) is 0 Å². The van der Waals surface area contributed by atoms with E-state index in [1.54, 1.807) is 37.8 Å². The summed E-state index contributed by atoms with van der Waals surface area (Å²) in [5.41, 5.74) is -3.17. The fourth-order valence-corrected chi connectivity index (χ4v) is 10.9. The maximum Gasteiger partial charge on any atom is 0.399 e. The number of nitrogens with zero attached hydrogens (tertiary/aromatic N) is 3. The Hall–Kier alpha value is -5.63. The quantitative estimate of drug-likeness (QED) is 0.0503. The van der Waals surface area contributed by atoms with Crippen molar-refractivity contribution in [3.05, 3.63) is 99.9 Å². The second-order valence-electron chi connectivity index (χ2n) is 19.2. The number of thiophene rings is 1. The lowest BCUT2D eigenvalue weighted by Gasteiger charge is -2.38. The highest BCUT2D eigenvalue weighted by Crippen LogP contribution is 2.59. The molecule has 374 valence electrons. The van der Waals surface area contributed by atoms with Crippen molar-refractivity contribution in [2.45, 2.75) is 102 Å². The van der Waals surface area contributed by atoms with E-state index in [0.29, 0.717) is 43.0 Å². The molecule has 17 nitrogen and oxygen atoms in total. The summed E-state index contributed by atoms with van der Waals surface area (Å²) in [5, 5.41) is 8.78. The number of alkyl halides is 2. The molecule has 8 rings (SSSR count). The molecule has 5 heterocycles. The van der Waals surface area contributed by atoms with Crippen molar-refractivity contribution in [3.63, 3.8) is 0 Å². The van der Waals surface area contributed by atoms with Crippen LogP contribution in [0.3, 0.4) is 0 Å². The van der Waals surface area contributed by atoms with Crippen LogP contribution in [0.5, 0.6) is 0 Å². The summed E-state index contributed by atoms with van der Waals surface area (Å²) in [6, 6.07) is 16.6. The lowest BCUT2D eigenvalue weighted by atomic mass is 9.85. The topological polar surface area (TPSA) is 224 Å². The van der Waals surface area contributed by atoms with Gasteiger partial charge >= 0.3 is 13.3 Å². The Morgan fingerprint density at radius 2 is 1.76 bits per heavy atom. The number of fused-ring (bicyclic) bond motifs is 2. The summed E-state index contributed by atoms with van der Waals surface area (Å²) in [6.45, 7) is 7.50. The van der Waals surface area contributed by atoms with Crippen molar-refractivity contribution in [1.29, 1.82) is 0 Å². The summed E-state index contributed by atoms with van der Waals surface area (Å²) >= 11 is 0.969. The Bertz CT molecular complexity index is 2710. The van der Waals surface area contributed by atoms with Gasteiger partial charge in [0.05, 0.1) is 24.1 Å². The van der Waals surface area contributed by atoms with Gasteiger partial charge in [-0.05, 0) is 72.4 Å². The molecule has 1 aromatic heterocycles. The summed E-state index contributed by atoms with van der Waals surface area (Å²) in [5.74, 6) is -2.48. The second-order valence-corrected chi connectivity index (χ2v) is 22.0. The van der Waals surface area contributed by atoms with Crippen LogP contribution >= 0.6 is 18.9 Å². The maximum absolute atomic E-state index is 14.8. The second kappa shape index (κ2) is 20.6. The van der Waals surface area contributed by atoms with Crippen LogP contribution in [0.2, 0.25) is 0 Å². The van der Waals surface area contributed by atoms with Crippen LogP contribution < -0.4 is 16.0 Å². The van der Waals surface area contributed by atoms with Crippen molar-refractivity contribution >= 4 is 70.1 Å². The molecular formula is C49H57F2N6O11PS. The molecule has 0 bridgehead atoms. The third-order valence-electron chi connectivity index (χ3n) is 13.3. The average molecular weight is 1010 g/mol. The third-order valence-corrected chi connectivity index (χ3v) is 15.4. The van der Waals surface area contributed by atoms with E-state index in [1.165, 1.54) is 21.9 Å². The van der Waals surface area contributed by atoms with Crippen molar-refractivity contribution < 1.29 is 61.4 Å². The van der Waals surface area contributed by atoms with Gasteiger partial charge in [-0.25, -0.2) is 0 Å². The van der Waals surface area contributed by atoms with Gasteiger partial charge in [-0.3, -0.25) is 38.6 Å². The predicted molar refractivity (Wildman–Crippen MR) is 255 cm³/mol. The molecule has 4 aliphatic rings. The number of piperidine rings is 1. The van der Waals surface area contributed by atoms with E-state index in [1.807, 2.05) is 36.4 Å². The van der Waals surface area contributed by atoms with Gasteiger partial charge in [0.25, 0.3) is 11.8 Å². The number of carbonyl (C=O) groups excluding carboxylic acids is 6. The number of anilines is 1. The molecular weight excluding hydrogens is 950 g/mol. The van der Waals surface area contributed by atoms with Crippen LogP contribution in [0, 0.1) is 5.41 Å². The number of nitrogens with one attached hydrogen (secondary N) is 3. The van der Waals surface area contributed by atoms with E-state index in [0.717, 1.165) is 53.1 Å². The van der Waals surface area contributed by atoms with Crippen molar-refractivity contribution in [3.8, 4) is 0 Å². The average Bonchev–Trinajstić information content (AvgIpc) is 4.05. The number of amides is 6. The number of halogens is 2. The smallest absolute Gasteiger partial charge is 0.385 e. The van der Waals surface area contributed by atoms with Crippen LogP contribution in [-0.4, -0.2) is 124 Å². The molecule has 3 aromatic carbocycles. The standard InChI is InChI=1S/C49H57F2N6O11PS/c1-48(2,3)42(54-44(60)40-24-30-23-31(15-17-39(30)70-40)49(50,51)69(64,65)66)47(63)56-26-32(25-37(56)46(62)55-20-22-68-38(28-55)29-11-6-4-7-12-29)67-21-9-5-8-19-52-35-14-10-13-33-34(35)27-57(45(33)61)36-16-18-41(58)53-43(36)59/h4,6-7,10-15,17,23-24,32,36-38,42,52H,5,8-9,16,18-22,25-28H2,1-3H3,(H,54,60)(H,53,58,59)(H2,64,65,66)/t32-,36?,37-,38-,42+/m0/s1. The highest BCUT2D eigenvalue weighted by Gasteiger charge is 2.51. The van der Waals surface area contributed by atoms with Crippen LogP contribution in [-0.2, 0) is 45.4 Å². The summed E-state index contributed by atoms with van der Waals surface area (Å²) in [6.07, 6.45) is 2.02. The van der Waals surface area contributed by atoms with Gasteiger partial charge < -0.3 is 44.6 Å². The normalized spacial score (nSPS) is 21.5. The SMILES string of the molecule is CC(C)(C)[C@H](NC(=O)c1cc2cc(C(F)(F)P(=O)(O)O)ccc2s1)C(=O)N1C[C@@H](OCCCCCNc2cccc3c2CN(C2CCC(=O)NC2=O)C3=O)C[C@H]1C(=O)N1CCO[C@H](c2ccccc2)C1. The number of rotatable bonds is 16. The fourth-order valence-electron chi connectivity index (χ4n) is 9.48. The molecule has 0 radical (unpaired) electrons. The summed E-state index contributed by atoms with van der Waals surface area (Å²) < 4.78 is 53.5. The minimum absolute atomic E-state index is 0.0821. The molecule has 4 aliphatic heterocycles. The Labute approximate surface area is 407 Å². The number of likely N-dealkylation sites (tertiary alicyclic amines) is 1. The molecule has 1 unspecified atom stereocenters. The first kappa shape index (κ1) is 50.7. The first-order chi connectivity index (χ1) is 33.2. The Morgan fingerprint density at radius 3 is 2.49 bits per heavy atom. The number of hydrogen-bond donors (Lipinski definition) is 5. The number of benzene rings is 3. The first-order valence-electron chi connectivity index (χ1n) is 23.4. The third kappa shape index (κ3) is 10.8. The molecule has 0 aliphatic carbocycles. The molecule has 70 heavy (non-hydrogen) atoms. The van der Waals surface area contributed by atoms with Crippen molar-refractivity contribution in [2.24, 2.45) is 5.41 Å². The number of hydrogen-bond acceptors (Lipinski definition) is 11. The monoisotopic (exact) mass is 1010 g/mol. The van der Waals surface area contributed by atoms with Gasteiger partial charge in [0.2, 0.25) is 23.6 Å². The van der Waals surface area contributed by atoms with E-state index < -0.39 is 66.2 Å². The Balaban J connectivity index is 0.912. The zero-order valence-electron chi connectivity index (χ0n) is 39.0. The number of carbonyl (C=O) groups is 6. The molecule has 0 spiro atoms. The maximum atomic E-state index is 14.8. The molecule has 5 N–H and O–H groups in total. The fraction of sp³-hybridized carbons (Fsp3) is 0.469. The molecule has 3 saturated heterocycles. The molecule has 5 atom stereocenters.